The summed E-state index contributed by atoms with van der Waals surface area (Å²) in [6.07, 6.45) is 0.100. The summed E-state index contributed by atoms with van der Waals surface area (Å²) in [7, 11) is 0. The van der Waals surface area contributed by atoms with Gasteiger partial charge in [-0.25, -0.2) is 9.37 Å². The van der Waals surface area contributed by atoms with E-state index in [1.165, 1.54) is 11.3 Å². The molecule has 1 atom stereocenters. The molecule has 0 aliphatic heterocycles. The molecule has 0 fully saturated rings. The minimum Gasteiger partial charge on any atom is -0.400 e. The standard InChI is InChI=1S/C16H14Cl2FN3S.C3H8/c1-8(20)15(19)11-5-10-12(21-7-9-3-2-4-23-9)6-13(17)22-16(10)14(11)18;1-3-2/h2-4,6,15H,1,5,7,20H2,(H,21,22);3H2,1-2H3. The van der Waals surface area contributed by atoms with Gasteiger partial charge in [0.25, 0.3) is 0 Å². The minimum absolute atomic E-state index is 0.0647. The normalized spacial score (nSPS) is 13.7. The Hall–Kier alpha value is -1.56. The zero-order valence-electron chi connectivity index (χ0n) is 14.8. The van der Waals surface area contributed by atoms with Crippen LogP contribution in [0.3, 0.4) is 0 Å². The predicted octanol–water partition coefficient (Wildman–Crippen LogP) is 6.14. The lowest BCUT2D eigenvalue weighted by molar-refractivity contribution is 0.426. The summed E-state index contributed by atoms with van der Waals surface area (Å²) in [5, 5.41) is 5.90. The van der Waals surface area contributed by atoms with Crippen LogP contribution >= 0.6 is 34.5 Å². The number of hydrogen-bond acceptors (Lipinski definition) is 4. The summed E-state index contributed by atoms with van der Waals surface area (Å²) in [6.45, 7) is 8.36. The van der Waals surface area contributed by atoms with Gasteiger partial charge in [-0.3, -0.25) is 0 Å². The van der Waals surface area contributed by atoms with Gasteiger partial charge in [-0.2, -0.15) is 0 Å². The molecule has 0 saturated heterocycles. The maximum absolute atomic E-state index is 14.2. The average Bonchev–Trinajstić information content (AvgIpc) is 3.21. The van der Waals surface area contributed by atoms with E-state index in [1.54, 1.807) is 17.4 Å². The van der Waals surface area contributed by atoms with E-state index in [0.717, 1.165) is 11.3 Å². The highest BCUT2D eigenvalue weighted by Crippen LogP contribution is 2.42. The highest BCUT2D eigenvalue weighted by molar-refractivity contribution is 7.09. The van der Waals surface area contributed by atoms with E-state index < -0.39 is 6.17 Å². The molecule has 1 aliphatic carbocycles. The SMILES string of the molecule is C=C(N)C(F)C1=C(Cl)c2nc(Cl)cc(NCc3cccs3)c2C1.CCC. The fourth-order valence-corrected chi connectivity index (χ4v) is 3.66. The number of nitrogens with zero attached hydrogens (tertiary/aromatic N) is 1. The van der Waals surface area contributed by atoms with E-state index in [1.807, 2.05) is 17.5 Å². The number of hydrogen-bond donors (Lipinski definition) is 2. The van der Waals surface area contributed by atoms with Gasteiger partial charge in [0.05, 0.1) is 10.7 Å². The van der Waals surface area contributed by atoms with Crippen LogP contribution in [0.4, 0.5) is 10.1 Å². The zero-order valence-corrected chi connectivity index (χ0v) is 17.1. The summed E-state index contributed by atoms with van der Waals surface area (Å²) < 4.78 is 14.2. The van der Waals surface area contributed by atoms with Crippen molar-refractivity contribution < 1.29 is 4.39 Å². The molecule has 0 amide bonds. The van der Waals surface area contributed by atoms with Gasteiger partial charge >= 0.3 is 0 Å². The third-order valence-electron chi connectivity index (χ3n) is 3.61. The van der Waals surface area contributed by atoms with Crippen LogP contribution in [-0.2, 0) is 13.0 Å². The highest BCUT2D eigenvalue weighted by atomic mass is 35.5. The molecule has 2 aromatic rings. The van der Waals surface area contributed by atoms with E-state index in [-0.39, 0.29) is 10.7 Å². The van der Waals surface area contributed by atoms with Gasteiger partial charge in [0.1, 0.15) is 5.15 Å². The molecule has 2 aromatic heterocycles. The summed E-state index contributed by atoms with van der Waals surface area (Å²) in [5.74, 6) is 0. The van der Waals surface area contributed by atoms with Crippen molar-refractivity contribution in [3.63, 3.8) is 0 Å². The number of anilines is 1. The van der Waals surface area contributed by atoms with Crippen molar-refractivity contribution in [2.75, 3.05) is 5.32 Å². The molecule has 2 heterocycles. The van der Waals surface area contributed by atoms with Crippen molar-refractivity contribution in [3.05, 3.63) is 62.7 Å². The van der Waals surface area contributed by atoms with Crippen LogP contribution < -0.4 is 11.1 Å². The first-order valence-electron chi connectivity index (χ1n) is 8.31. The second-order valence-corrected chi connectivity index (χ2v) is 7.71. The van der Waals surface area contributed by atoms with E-state index in [4.69, 9.17) is 28.9 Å². The Morgan fingerprint density at radius 3 is 2.73 bits per heavy atom. The van der Waals surface area contributed by atoms with Gasteiger partial charge in [0.2, 0.25) is 0 Å². The molecule has 0 saturated carbocycles. The van der Waals surface area contributed by atoms with Crippen LogP contribution in [0.15, 0.2) is 41.4 Å². The van der Waals surface area contributed by atoms with Gasteiger partial charge in [-0.05, 0) is 23.1 Å². The van der Waals surface area contributed by atoms with Gasteiger partial charge in [-0.15, -0.1) is 11.3 Å². The summed E-state index contributed by atoms with van der Waals surface area (Å²) in [6, 6.07) is 5.75. The van der Waals surface area contributed by atoms with E-state index in [2.05, 4.69) is 30.7 Å². The molecule has 7 heteroatoms. The first-order valence-corrected chi connectivity index (χ1v) is 9.95. The minimum atomic E-state index is -1.49. The Morgan fingerprint density at radius 1 is 1.46 bits per heavy atom. The van der Waals surface area contributed by atoms with Gasteiger partial charge < -0.3 is 11.1 Å². The topological polar surface area (TPSA) is 50.9 Å². The molecular weight excluding hydrogens is 392 g/mol. The summed E-state index contributed by atoms with van der Waals surface area (Å²) >= 11 is 14.0. The Labute approximate surface area is 167 Å². The zero-order chi connectivity index (χ0) is 19.3. The maximum atomic E-state index is 14.2. The monoisotopic (exact) mass is 413 g/mol. The number of aromatic nitrogens is 1. The van der Waals surface area contributed by atoms with Crippen molar-refractivity contribution in [1.82, 2.24) is 4.98 Å². The molecule has 3 nitrogen and oxygen atoms in total. The Balaban J connectivity index is 0.000000758. The molecule has 3 rings (SSSR count). The quantitative estimate of drug-likeness (QED) is 0.578. The molecule has 3 N–H and O–H groups in total. The molecule has 0 spiro atoms. The first-order chi connectivity index (χ1) is 12.4. The highest BCUT2D eigenvalue weighted by Gasteiger charge is 2.30. The van der Waals surface area contributed by atoms with E-state index >= 15 is 0 Å². The second-order valence-electron chi connectivity index (χ2n) is 5.91. The first kappa shape index (κ1) is 20.7. The third kappa shape index (κ3) is 4.78. The molecule has 0 aromatic carbocycles. The summed E-state index contributed by atoms with van der Waals surface area (Å²) in [4.78, 5) is 5.42. The number of fused-ring (bicyclic) bond motifs is 1. The third-order valence-corrected chi connectivity index (χ3v) is 5.11. The fourth-order valence-electron chi connectivity index (χ4n) is 2.50. The predicted molar refractivity (Wildman–Crippen MR) is 112 cm³/mol. The number of thiophene rings is 1. The van der Waals surface area contributed by atoms with Crippen molar-refractivity contribution in [2.45, 2.75) is 39.4 Å². The molecule has 140 valence electrons. The van der Waals surface area contributed by atoms with Crippen LogP contribution in [-0.4, -0.2) is 11.2 Å². The smallest absolute Gasteiger partial charge is 0.162 e. The summed E-state index contributed by atoms with van der Waals surface area (Å²) in [5.41, 5.74) is 7.93. The lowest BCUT2D eigenvalue weighted by Crippen LogP contribution is -2.14. The molecule has 1 unspecified atom stereocenters. The van der Waals surface area contributed by atoms with Crippen molar-refractivity contribution in [1.29, 1.82) is 0 Å². The lowest BCUT2D eigenvalue weighted by atomic mass is 10.1. The van der Waals surface area contributed by atoms with Gasteiger partial charge in [-0.1, -0.05) is 56.1 Å². The van der Waals surface area contributed by atoms with Crippen LogP contribution in [0.1, 0.15) is 36.4 Å². The van der Waals surface area contributed by atoms with E-state index in [9.17, 15) is 4.39 Å². The number of alkyl halides is 1. The Kier molecular flexibility index (Phi) is 7.50. The Morgan fingerprint density at radius 2 is 2.15 bits per heavy atom. The number of nitrogens with two attached hydrogens (primary N) is 1. The largest absolute Gasteiger partial charge is 0.400 e. The van der Waals surface area contributed by atoms with E-state index in [0.29, 0.717) is 29.4 Å². The van der Waals surface area contributed by atoms with Crippen LogP contribution in [0.2, 0.25) is 5.15 Å². The van der Waals surface area contributed by atoms with Crippen molar-refractivity contribution in [2.24, 2.45) is 5.73 Å². The molecule has 0 bridgehead atoms. The number of halogens is 3. The van der Waals surface area contributed by atoms with Crippen LogP contribution in [0, 0.1) is 0 Å². The molecular formula is C19H22Cl2FN3S. The molecule has 1 aliphatic rings. The number of allylic oxidation sites excluding steroid dienone is 1. The van der Waals surface area contributed by atoms with Gasteiger partial charge in [0, 0.05) is 34.8 Å². The molecule has 0 radical (unpaired) electrons. The van der Waals surface area contributed by atoms with Crippen molar-refractivity contribution >= 4 is 45.3 Å². The maximum Gasteiger partial charge on any atom is 0.162 e. The molecule has 26 heavy (non-hydrogen) atoms. The van der Waals surface area contributed by atoms with Crippen LogP contribution in [0.25, 0.3) is 5.03 Å². The van der Waals surface area contributed by atoms with Crippen LogP contribution in [0.5, 0.6) is 0 Å². The number of rotatable bonds is 5. The lowest BCUT2D eigenvalue weighted by Gasteiger charge is -2.12. The average molecular weight is 414 g/mol. The van der Waals surface area contributed by atoms with Crippen molar-refractivity contribution in [3.8, 4) is 0 Å². The number of nitrogens with one attached hydrogen (secondary N) is 1. The van der Waals surface area contributed by atoms with Gasteiger partial charge in [0.15, 0.2) is 6.17 Å². The second kappa shape index (κ2) is 9.40. The number of pyridine rings is 1. The Bertz CT molecular complexity index is 803. The fraction of sp³-hybridized carbons (Fsp3) is 0.316.